The fraction of sp³-hybridized carbons (Fsp3) is 0. The average molecular weight is 380 g/mol. The number of thiophene rings is 1. The van der Waals surface area contributed by atoms with Gasteiger partial charge in [-0.25, -0.2) is 4.39 Å². The Labute approximate surface area is 148 Å². The van der Waals surface area contributed by atoms with Gasteiger partial charge in [0.15, 0.2) is 0 Å². The molecule has 3 aromatic rings. The number of hydrogen-bond acceptors (Lipinski definition) is 3. The Morgan fingerprint density at radius 2 is 1.62 bits per heavy atom. The fourth-order valence-corrected chi connectivity index (χ4v) is 4.34. The quantitative estimate of drug-likeness (QED) is 0.613. The molecule has 0 aliphatic carbocycles. The van der Waals surface area contributed by atoms with E-state index in [1.165, 1.54) is 24.3 Å². The van der Waals surface area contributed by atoms with Gasteiger partial charge < -0.3 is 0 Å². The van der Waals surface area contributed by atoms with Crippen LogP contribution in [-0.4, -0.2) is 14.1 Å². The molecule has 0 radical (unpaired) electrons. The van der Waals surface area contributed by atoms with Crippen molar-refractivity contribution in [2.75, 3.05) is 0 Å². The van der Waals surface area contributed by atoms with Crippen LogP contribution in [-0.2, 0) is 10.0 Å². The highest BCUT2D eigenvalue weighted by atomic mass is 35.5. The first kappa shape index (κ1) is 16.8. The minimum atomic E-state index is -3.96. The van der Waals surface area contributed by atoms with Crippen molar-refractivity contribution in [1.82, 2.24) is 0 Å². The number of benzene rings is 2. The van der Waals surface area contributed by atoms with Gasteiger partial charge in [-0.15, -0.1) is 11.3 Å². The van der Waals surface area contributed by atoms with E-state index in [0.29, 0.717) is 10.6 Å². The second-order valence-corrected chi connectivity index (χ2v) is 7.99. The lowest BCUT2D eigenvalue weighted by molar-refractivity contribution is 0.600. The molecule has 2 aromatic carbocycles. The molecule has 0 saturated carbocycles. The lowest BCUT2D eigenvalue weighted by Gasteiger charge is -2.10. The Hall–Kier alpha value is -2.02. The molecule has 1 aromatic heterocycles. The highest BCUT2D eigenvalue weighted by Gasteiger charge is 2.20. The third kappa shape index (κ3) is 3.40. The molecule has 0 amide bonds. The van der Waals surface area contributed by atoms with Gasteiger partial charge >= 0.3 is 0 Å². The highest BCUT2D eigenvalue weighted by molar-refractivity contribution is 7.92. The molecule has 7 heteroatoms. The average Bonchev–Trinajstić information content (AvgIpc) is 3.10. The van der Waals surface area contributed by atoms with Gasteiger partial charge in [0.05, 0.1) is 10.7 Å². The third-order valence-electron chi connectivity index (χ3n) is 3.22. The van der Waals surface area contributed by atoms with Crippen molar-refractivity contribution in [2.45, 2.75) is 4.21 Å². The van der Waals surface area contributed by atoms with Gasteiger partial charge in [-0.1, -0.05) is 48.0 Å². The van der Waals surface area contributed by atoms with Gasteiger partial charge in [-0.3, -0.25) is 0 Å². The summed E-state index contributed by atoms with van der Waals surface area (Å²) in [5.74, 6) is -0.572. The van der Waals surface area contributed by atoms with E-state index in [4.69, 9.17) is 11.6 Å². The van der Waals surface area contributed by atoms with Crippen LogP contribution in [0.2, 0.25) is 5.02 Å². The molecule has 1 heterocycles. The summed E-state index contributed by atoms with van der Waals surface area (Å²) in [6.45, 7) is 0. The number of nitrogens with zero attached hydrogens (tertiary/aromatic N) is 1. The van der Waals surface area contributed by atoms with Crippen molar-refractivity contribution < 1.29 is 12.8 Å². The Morgan fingerprint density at radius 1 is 0.958 bits per heavy atom. The molecule has 0 aliphatic rings. The predicted molar refractivity (Wildman–Crippen MR) is 95.0 cm³/mol. The summed E-state index contributed by atoms with van der Waals surface area (Å²) in [7, 11) is -3.96. The summed E-state index contributed by atoms with van der Waals surface area (Å²) >= 11 is 7.23. The first-order valence-electron chi connectivity index (χ1n) is 6.87. The van der Waals surface area contributed by atoms with Gasteiger partial charge in [0.1, 0.15) is 10.0 Å². The van der Waals surface area contributed by atoms with Gasteiger partial charge in [0.2, 0.25) is 0 Å². The maximum absolute atomic E-state index is 14.3. The molecule has 0 fully saturated rings. The second-order valence-electron chi connectivity index (χ2n) is 4.81. The van der Waals surface area contributed by atoms with Crippen LogP contribution in [0.3, 0.4) is 0 Å². The predicted octanol–water partition coefficient (Wildman–Crippen LogP) is 4.77. The van der Waals surface area contributed by atoms with Crippen LogP contribution in [0, 0.1) is 5.82 Å². The zero-order chi connectivity index (χ0) is 17.2. The minimum Gasteiger partial charge on any atom is -0.206 e. The van der Waals surface area contributed by atoms with E-state index < -0.39 is 15.8 Å². The topological polar surface area (TPSA) is 46.5 Å². The van der Waals surface area contributed by atoms with Crippen molar-refractivity contribution in [3.8, 4) is 0 Å². The van der Waals surface area contributed by atoms with E-state index in [9.17, 15) is 12.8 Å². The zero-order valence-corrected chi connectivity index (χ0v) is 14.6. The number of rotatable bonds is 4. The van der Waals surface area contributed by atoms with E-state index in [-0.39, 0.29) is 15.5 Å². The summed E-state index contributed by atoms with van der Waals surface area (Å²) < 4.78 is 43.3. The molecular formula is C17H11ClFNO2S2. The van der Waals surface area contributed by atoms with Crippen molar-refractivity contribution in [2.24, 2.45) is 4.40 Å². The summed E-state index contributed by atoms with van der Waals surface area (Å²) in [6.07, 6.45) is 0. The molecule has 24 heavy (non-hydrogen) atoms. The maximum atomic E-state index is 14.3. The highest BCUT2D eigenvalue weighted by Crippen LogP contribution is 2.25. The molecule has 122 valence electrons. The van der Waals surface area contributed by atoms with E-state index in [2.05, 4.69) is 4.40 Å². The van der Waals surface area contributed by atoms with E-state index in [1.807, 2.05) is 0 Å². The van der Waals surface area contributed by atoms with Gasteiger partial charge in [0.25, 0.3) is 10.0 Å². The van der Waals surface area contributed by atoms with Crippen LogP contribution in [0.1, 0.15) is 11.1 Å². The molecule has 0 saturated heterocycles. The summed E-state index contributed by atoms with van der Waals surface area (Å²) in [5, 5.41) is 1.93. The zero-order valence-electron chi connectivity index (χ0n) is 12.2. The molecule has 3 rings (SSSR count). The monoisotopic (exact) mass is 379 g/mol. The van der Waals surface area contributed by atoms with Gasteiger partial charge in [0, 0.05) is 11.1 Å². The van der Waals surface area contributed by atoms with Crippen molar-refractivity contribution >= 4 is 38.7 Å². The lowest BCUT2D eigenvalue weighted by Crippen LogP contribution is -2.10. The molecule has 0 spiro atoms. The molecule has 0 unspecified atom stereocenters. The smallest absolute Gasteiger partial charge is 0.206 e. The van der Waals surface area contributed by atoms with Crippen molar-refractivity contribution in [3.05, 3.63) is 88.0 Å². The molecule has 0 aliphatic heterocycles. The molecular weight excluding hydrogens is 369 g/mol. The van der Waals surface area contributed by atoms with Crippen molar-refractivity contribution in [3.63, 3.8) is 0 Å². The normalized spacial score (nSPS) is 12.3. The maximum Gasteiger partial charge on any atom is 0.292 e. The van der Waals surface area contributed by atoms with E-state index in [1.54, 1.807) is 41.8 Å². The van der Waals surface area contributed by atoms with Crippen LogP contribution in [0.25, 0.3) is 0 Å². The van der Waals surface area contributed by atoms with Crippen molar-refractivity contribution in [1.29, 1.82) is 0 Å². The van der Waals surface area contributed by atoms with Crippen LogP contribution in [0.5, 0.6) is 0 Å². The van der Waals surface area contributed by atoms with Crippen LogP contribution >= 0.6 is 22.9 Å². The Bertz CT molecular complexity index is 951. The number of sulfonamides is 1. The Morgan fingerprint density at radius 3 is 2.25 bits per heavy atom. The first-order valence-corrected chi connectivity index (χ1v) is 9.57. The molecule has 0 bridgehead atoms. The number of hydrogen-bond donors (Lipinski definition) is 0. The Kier molecular flexibility index (Phi) is 4.80. The van der Waals surface area contributed by atoms with Crippen LogP contribution in [0.15, 0.2) is 74.7 Å². The Balaban J connectivity index is 2.26. The number of halogens is 2. The van der Waals surface area contributed by atoms with Crippen LogP contribution < -0.4 is 0 Å². The van der Waals surface area contributed by atoms with E-state index in [0.717, 1.165) is 11.3 Å². The molecule has 0 N–H and O–H groups in total. The lowest BCUT2D eigenvalue weighted by atomic mass is 10.0. The molecule has 0 atom stereocenters. The van der Waals surface area contributed by atoms with E-state index >= 15 is 0 Å². The van der Waals surface area contributed by atoms with Crippen LogP contribution in [0.4, 0.5) is 4.39 Å². The van der Waals surface area contributed by atoms with Gasteiger partial charge in [-0.05, 0) is 29.6 Å². The SMILES string of the molecule is O=S(=O)(/N=C(/c1ccccc1F)c1ccccc1Cl)c1cccs1. The summed E-state index contributed by atoms with van der Waals surface area (Å²) in [6, 6.07) is 15.5. The fourth-order valence-electron chi connectivity index (χ4n) is 2.13. The first-order chi connectivity index (χ1) is 11.5. The summed E-state index contributed by atoms with van der Waals surface area (Å²) in [4.78, 5) is 0. The largest absolute Gasteiger partial charge is 0.292 e. The second kappa shape index (κ2) is 6.84. The third-order valence-corrected chi connectivity index (χ3v) is 6.20. The standard InChI is InChI=1S/C17H11ClFNO2S2/c18-14-8-3-1-6-12(14)17(13-7-2-4-9-15(13)19)20-24(21,22)16-10-5-11-23-16/h1-11H/b20-17+. The minimum absolute atomic E-state index is 0.0212. The van der Waals surface area contributed by atoms with Gasteiger partial charge in [-0.2, -0.15) is 12.8 Å². The molecule has 3 nitrogen and oxygen atoms in total. The summed E-state index contributed by atoms with van der Waals surface area (Å²) in [5.41, 5.74) is 0.405.